The third kappa shape index (κ3) is 2.53. The van der Waals surface area contributed by atoms with Crippen LogP contribution in [0.25, 0.3) is 0 Å². The first-order chi connectivity index (χ1) is 5.24. The summed E-state index contributed by atoms with van der Waals surface area (Å²) in [6, 6.07) is 0. The average Bonchev–Trinajstić information content (AvgIpc) is 2.81. The van der Waals surface area contributed by atoms with E-state index in [1.807, 2.05) is 0 Å². The van der Waals surface area contributed by atoms with Crippen LogP contribution >= 0.6 is 0 Å². The number of carbonyl (C=O) groups is 2. The summed E-state index contributed by atoms with van der Waals surface area (Å²) < 4.78 is 4.32. The van der Waals surface area contributed by atoms with E-state index in [4.69, 9.17) is 0 Å². The zero-order chi connectivity index (χ0) is 8.27. The predicted octanol–water partition coefficient (Wildman–Crippen LogP) is 0.695. The molecule has 60 valence electrons. The standard InChI is InChI=1S/C8H10O3/c1-11-8(10)5-4-7(9)6-2-3-6/h4-6H,2-3H2,1H3/b5-4+. The number of esters is 1. The molecule has 0 aromatic carbocycles. The minimum atomic E-state index is -0.473. The number of hydrogen-bond donors (Lipinski definition) is 0. The normalized spacial score (nSPS) is 16.8. The molecule has 0 spiro atoms. The van der Waals surface area contributed by atoms with Crippen molar-refractivity contribution in [3.05, 3.63) is 12.2 Å². The van der Waals surface area contributed by atoms with Gasteiger partial charge in [-0.05, 0) is 18.9 Å². The van der Waals surface area contributed by atoms with Gasteiger partial charge in [0.2, 0.25) is 0 Å². The minimum absolute atomic E-state index is 0.0374. The number of hydrogen-bond acceptors (Lipinski definition) is 3. The SMILES string of the molecule is COC(=O)/C=C/C(=O)C1CC1. The third-order valence-corrected chi connectivity index (χ3v) is 1.56. The maximum absolute atomic E-state index is 10.9. The number of allylic oxidation sites excluding steroid dienone is 1. The van der Waals surface area contributed by atoms with Crippen molar-refractivity contribution in [2.75, 3.05) is 7.11 Å². The average molecular weight is 154 g/mol. The highest BCUT2D eigenvalue weighted by Crippen LogP contribution is 2.29. The summed E-state index contributed by atoms with van der Waals surface area (Å²) in [6.45, 7) is 0. The first kappa shape index (κ1) is 7.98. The second-order valence-corrected chi connectivity index (χ2v) is 2.53. The van der Waals surface area contributed by atoms with E-state index in [2.05, 4.69) is 4.74 Å². The summed E-state index contributed by atoms with van der Waals surface area (Å²) in [5.41, 5.74) is 0. The number of methoxy groups -OCH3 is 1. The Morgan fingerprint density at radius 1 is 1.36 bits per heavy atom. The van der Waals surface area contributed by atoms with Crippen LogP contribution in [0, 0.1) is 5.92 Å². The topological polar surface area (TPSA) is 43.4 Å². The first-order valence-electron chi connectivity index (χ1n) is 3.54. The Labute approximate surface area is 65.0 Å². The summed E-state index contributed by atoms with van der Waals surface area (Å²) in [4.78, 5) is 21.4. The lowest BCUT2D eigenvalue weighted by atomic mass is 10.2. The van der Waals surface area contributed by atoms with E-state index in [9.17, 15) is 9.59 Å². The van der Waals surface area contributed by atoms with Crippen molar-refractivity contribution in [1.29, 1.82) is 0 Å². The summed E-state index contributed by atoms with van der Waals surface area (Å²) in [6.07, 6.45) is 4.39. The first-order valence-corrected chi connectivity index (χ1v) is 3.54. The van der Waals surface area contributed by atoms with Gasteiger partial charge in [-0.3, -0.25) is 4.79 Å². The molecule has 11 heavy (non-hydrogen) atoms. The molecule has 0 aromatic rings. The van der Waals surface area contributed by atoms with Gasteiger partial charge in [0.05, 0.1) is 7.11 Å². The highest BCUT2D eigenvalue weighted by Gasteiger charge is 2.27. The monoisotopic (exact) mass is 154 g/mol. The molecule has 1 aliphatic rings. The van der Waals surface area contributed by atoms with Gasteiger partial charge in [-0.2, -0.15) is 0 Å². The van der Waals surface area contributed by atoms with E-state index in [-0.39, 0.29) is 11.7 Å². The molecule has 0 aliphatic heterocycles. The van der Waals surface area contributed by atoms with E-state index in [1.165, 1.54) is 19.3 Å². The minimum Gasteiger partial charge on any atom is -0.466 e. The third-order valence-electron chi connectivity index (χ3n) is 1.56. The molecular weight excluding hydrogens is 144 g/mol. The molecule has 1 aliphatic carbocycles. The Morgan fingerprint density at radius 2 is 2.00 bits per heavy atom. The van der Waals surface area contributed by atoms with E-state index < -0.39 is 5.97 Å². The van der Waals surface area contributed by atoms with Crippen molar-refractivity contribution in [1.82, 2.24) is 0 Å². The second kappa shape index (κ2) is 3.32. The van der Waals surface area contributed by atoms with Gasteiger partial charge in [-0.15, -0.1) is 0 Å². The van der Waals surface area contributed by atoms with Crippen molar-refractivity contribution in [2.24, 2.45) is 5.92 Å². The predicted molar refractivity (Wildman–Crippen MR) is 38.9 cm³/mol. The van der Waals surface area contributed by atoms with Crippen LogP contribution in [-0.4, -0.2) is 18.9 Å². The highest BCUT2D eigenvalue weighted by atomic mass is 16.5. The Hall–Kier alpha value is -1.12. The fourth-order valence-electron chi connectivity index (χ4n) is 0.722. The number of rotatable bonds is 3. The largest absolute Gasteiger partial charge is 0.466 e. The van der Waals surface area contributed by atoms with Crippen LogP contribution in [0.4, 0.5) is 0 Å². The summed E-state index contributed by atoms with van der Waals surface area (Å²) in [5.74, 6) is -0.259. The molecule has 0 saturated heterocycles. The maximum Gasteiger partial charge on any atom is 0.330 e. The smallest absolute Gasteiger partial charge is 0.330 e. The molecule has 0 aromatic heterocycles. The molecule has 3 heteroatoms. The van der Waals surface area contributed by atoms with Crippen molar-refractivity contribution in [2.45, 2.75) is 12.8 Å². The van der Waals surface area contributed by atoms with Gasteiger partial charge >= 0.3 is 5.97 Å². The van der Waals surface area contributed by atoms with Gasteiger partial charge in [0.25, 0.3) is 0 Å². The quantitative estimate of drug-likeness (QED) is 0.444. The Morgan fingerprint density at radius 3 is 2.45 bits per heavy atom. The van der Waals surface area contributed by atoms with E-state index in [0.29, 0.717) is 0 Å². The van der Waals surface area contributed by atoms with Gasteiger partial charge in [0.15, 0.2) is 5.78 Å². The van der Waals surface area contributed by atoms with Crippen molar-refractivity contribution in [3.8, 4) is 0 Å². The van der Waals surface area contributed by atoms with Crippen molar-refractivity contribution < 1.29 is 14.3 Å². The van der Waals surface area contributed by atoms with Crippen LogP contribution in [0.5, 0.6) is 0 Å². The van der Waals surface area contributed by atoms with Crippen molar-refractivity contribution in [3.63, 3.8) is 0 Å². The second-order valence-electron chi connectivity index (χ2n) is 2.53. The summed E-state index contributed by atoms with van der Waals surface area (Å²) >= 11 is 0. The number of ketones is 1. The van der Waals surface area contributed by atoms with Crippen LogP contribution in [0.15, 0.2) is 12.2 Å². The fourth-order valence-corrected chi connectivity index (χ4v) is 0.722. The molecule has 0 heterocycles. The van der Waals surface area contributed by atoms with Gasteiger partial charge in [-0.1, -0.05) is 0 Å². The molecule has 0 amide bonds. The molecule has 1 fully saturated rings. The lowest BCUT2D eigenvalue weighted by molar-refractivity contribution is -0.135. The number of ether oxygens (including phenoxy) is 1. The molecule has 0 unspecified atom stereocenters. The molecule has 0 atom stereocenters. The van der Waals surface area contributed by atoms with Gasteiger partial charge in [0.1, 0.15) is 0 Å². The highest BCUT2D eigenvalue weighted by molar-refractivity contribution is 5.98. The van der Waals surface area contributed by atoms with E-state index >= 15 is 0 Å². The molecule has 3 nitrogen and oxygen atoms in total. The maximum atomic E-state index is 10.9. The van der Waals surface area contributed by atoms with E-state index in [0.717, 1.165) is 12.8 Å². The summed E-state index contributed by atoms with van der Waals surface area (Å²) in [5, 5.41) is 0. The van der Waals surface area contributed by atoms with Gasteiger partial charge in [-0.25, -0.2) is 4.79 Å². The Kier molecular flexibility index (Phi) is 2.41. The van der Waals surface area contributed by atoms with Crippen LogP contribution in [0.3, 0.4) is 0 Å². The summed E-state index contributed by atoms with van der Waals surface area (Å²) in [7, 11) is 1.29. The lowest BCUT2D eigenvalue weighted by Crippen LogP contribution is -1.99. The Balaban J connectivity index is 2.33. The van der Waals surface area contributed by atoms with Crippen LogP contribution in [0.1, 0.15) is 12.8 Å². The van der Waals surface area contributed by atoms with Gasteiger partial charge < -0.3 is 4.74 Å². The zero-order valence-electron chi connectivity index (χ0n) is 6.37. The zero-order valence-corrected chi connectivity index (χ0v) is 6.37. The molecular formula is C8H10O3. The molecule has 0 N–H and O–H groups in total. The number of carbonyl (C=O) groups excluding carboxylic acids is 2. The van der Waals surface area contributed by atoms with Crippen LogP contribution in [0.2, 0.25) is 0 Å². The molecule has 0 radical (unpaired) electrons. The molecule has 1 saturated carbocycles. The van der Waals surface area contributed by atoms with Crippen LogP contribution < -0.4 is 0 Å². The van der Waals surface area contributed by atoms with Gasteiger partial charge in [0, 0.05) is 12.0 Å². The van der Waals surface area contributed by atoms with Crippen LogP contribution in [-0.2, 0) is 14.3 Å². The fraction of sp³-hybridized carbons (Fsp3) is 0.500. The molecule has 0 bridgehead atoms. The molecule has 1 rings (SSSR count). The van der Waals surface area contributed by atoms with Crippen molar-refractivity contribution >= 4 is 11.8 Å². The lowest BCUT2D eigenvalue weighted by Gasteiger charge is -1.88. The Bertz CT molecular complexity index is 201. The van der Waals surface area contributed by atoms with E-state index in [1.54, 1.807) is 0 Å².